The van der Waals surface area contributed by atoms with Crippen molar-refractivity contribution in [3.63, 3.8) is 0 Å². The third-order valence-electron chi connectivity index (χ3n) is 3.69. The molecule has 0 aliphatic heterocycles. The van der Waals surface area contributed by atoms with Gasteiger partial charge in [0, 0.05) is 21.7 Å². The number of thiazole rings is 1. The van der Waals surface area contributed by atoms with E-state index in [2.05, 4.69) is 21.2 Å². The number of rotatable bonds is 6. The van der Waals surface area contributed by atoms with Crippen molar-refractivity contribution < 1.29 is 14.3 Å². The maximum atomic E-state index is 12.2. The van der Waals surface area contributed by atoms with E-state index in [1.165, 1.54) is 11.3 Å². The molecule has 0 aliphatic rings. The van der Waals surface area contributed by atoms with E-state index in [9.17, 15) is 9.59 Å². The Morgan fingerprint density at radius 2 is 1.79 bits per heavy atom. The molecule has 0 atom stereocenters. The Labute approximate surface area is 170 Å². The van der Waals surface area contributed by atoms with E-state index in [0.717, 1.165) is 17.0 Å². The van der Waals surface area contributed by atoms with Crippen LogP contribution in [0.1, 0.15) is 10.5 Å². The third-order valence-corrected chi connectivity index (χ3v) is 4.83. The van der Waals surface area contributed by atoms with Gasteiger partial charge >= 0.3 is 0 Å². The first kappa shape index (κ1) is 19.7. The maximum absolute atomic E-state index is 12.2. The molecule has 0 fully saturated rings. The number of aromatic nitrogens is 1. The minimum Gasteiger partial charge on any atom is -0.497 e. The Morgan fingerprint density at radius 3 is 2.46 bits per heavy atom. The average Bonchev–Trinajstić information content (AvgIpc) is 3.21. The van der Waals surface area contributed by atoms with Crippen LogP contribution in [0.4, 0.5) is 5.69 Å². The summed E-state index contributed by atoms with van der Waals surface area (Å²) in [7, 11) is 1.58. The van der Waals surface area contributed by atoms with E-state index in [1.54, 1.807) is 48.9 Å². The Bertz CT molecular complexity index is 958. The van der Waals surface area contributed by atoms with Gasteiger partial charge in [-0.15, -0.1) is 11.3 Å². The number of carbonyl (C=O) groups is 2. The molecule has 0 saturated carbocycles. The van der Waals surface area contributed by atoms with E-state index in [4.69, 9.17) is 16.3 Å². The molecule has 7 nitrogen and oxygen atoms in total. The fraction of sp³-hybridized carbons (Fsp3) is 0.105. The quantitative estimate of drug-likeness (QED) is 0.536. The van der Waals surface area contributed by atoms with Crippen molar-refractivity contribution in [1.29, 1.82) is 0 Å². The molecular weight excluding hydrogens is 400 g/mol. The van der Waals surface area contributed by atoms with Crippen LogP contribution >= 0.6 is 22.9 Å². The Kier molecular flexibility index (Phi) is 6.46. The van der Waals surface area contributed by atoms with Crippen molar-refractivity contribution >= 4 is 40.4 Å². The number of methoxy groups -OCH3 is 1. The monoisotopic (exact) mass is 416 g/mol. The van der Waals surface area contributed by atoms with Crippen molar-refractivity contribution in [1.82, 2.24) is 15.8 Å². The van der Waals surface area contributed by atoms with Crippen LogP contribution in [0.5, 0.6) is 5.75 Å². The SMILES string of the molecule is COc1ccc(NCC(=O)NNC(=O)c2csc(-c3ccc(Cl)cc3)n2)cc1. The number of halogens is 1. The molecule has 1 aromatic heterocycles. The van der Waals surface area contributed by atoms with Gasteiger partial charge < -0.3 is 10.1 Å². The van der Waals surface area contributed by atoms with E-state index in [1.807, 2.05) is 12.1 Å². The second-order valence-electron chi connectivity index (χ2n) is 5.63. The van der Waals surface area contributed by atoms with E-state index in [-0.39, 0.29) is 12.2 Å². The van der Waals surface area contributed by atoms with Crippen molar-refractivity contribution in [3.05, 3.63) is 64.6 Å². The number of anilines is 1. The van der Waals surface area contributed by atoms with Crippen LogP contribution in [-0.2, 0) is 4.79 Å². The molecule has 0 unspecified atom stereocenters. The summed E-state index contributed by atoms with van der Waals surface area (Å²) in [5.41, 5.74) is 6.55. The van der Waals surface area contributed by atoms with Crippen molar-refractivity contribution in [2.45, 2.75) is 0 Å². The van der Waals surface area contributed by atoms with Crippen molar-refractivity contribution in [2.75, 3.05) is 19.0 Å². The zero-order chi connectivity index (χ0) is 19.9. The lowest BCUT2D eigenvalue weighted by Gasteiger charge is -2.08. The van der Waals surface area contributed by atoms with Crippen LogP contribution in [0.25, 0.3) is 10.6 Å². The van der Waals surface area contributed by atoms with Crippen LogP contribution in [0.2, 0.25) is 5.02 Å². The number of nitrogens with zero attached hydrogens (tertiary/aromatic N) is 1. The zero-order valence-corrected chi connectivity index (χ0v) is 16.4. The normalized spacial score (nSPS) is 10.2. The summed E-state index contributed by atoms with van der Waals surface area (Å²) in [6.07, 6.45) is 0. The van der Waals surface area contributed by atoms with Crippen LogP contribution in [0.3, 0.4) is 0 Å². The van der Waals surface area contributed by atoms with Crippen LogP contribution in [0.15, 0.2) is 53.9 Å². The highest BCUT2D eigenvalue weighted by Crippen LogP contribution is 2.25. The topological polar surface area (TPSA) is 92.4 Å². The number of hydrogen-bond acceptors (Lipinski definition) is 6. The summed E-state index contributed by atoms with van der Waals surface area (Å²) in [5, 5.41) is 5.89. The first-order valence-electron chi connectivity index (χ1n) is 8.24. The standard InChI is InChI=1S/C19H17ClN4O3S/c1-27-15-8-6-14(7-9-15)21-10-17(25)23-24-18(26)16-11-28-19(22-16)12-2-4-13(20)5-3-12/h2-9,11,21H,10H2,1H3,(H,23,25)(H,24,26). The van der Waals surface area contributed by atoms with Gasteiger partial charge in [-0.2, -0.15) is 0 Å². The smallest absolute Gasteiger partial charge is 0.289 e. The number of amides is 2. The Morgan fingerprint density at radius 1 is 1.07 bits per heavy atom. The van der Waals surface area contributed by atoms with Gasteiger partial charge in [-0.1, -0.05) is 23.7 Å². The highest BCUT2D eigenvalue weighted by atomic mass is 35.5. The van der Waals surface area contributed by atoms with Gasteiger partial charge in [0.05, 0.1) is 13.7 Å². The molecular formula is C19H17ClN4O3S. The molecule has 144 valence electrons. The summed E-state index contributed by atoms with van der Waals surface area (Å²) in [4.78, 5) is 28.3. The number of nitrogens with one attached hydrogen (secondary N) is 3. The van der Waals surface area contributed by atoms with Gasteiger partial charge in [0.1, 0.15) is 16.5 Å². The van der Waals surface area contributed by atoms with Gasteiger partial charge in [0.2, 0.25) is 0 Å². The van der Waals surface area contributed by atoms with Gasteiger partial charge in [-0.3, -0.25) is 20.4 Å². The Hall–Kier alpha value is -3.10. The summed E-state index contributed by atoms with van der Waals surface area (Å²) < 4.78 is 5.07. The fourth-order valence-electron chi connectivity index (χ4n) is 2.23. The van der Waals surface area contributed by atoms with Crippen LogP contribution in [0, 0.1) is 0 Å². The molecule has 2 amide bonds. The van der Waals surface area contributed by atoms with Crippen LogP contribution in [-0.4, -0.2) is 30.5 Å². The van der Waals surface area contributed by atoms with Gasteiger partial charge in [-0.05, 0) is 36.4 Å². The summed E-state index contributed by atoms with van der Waals surface area (Å²) in [6, 6.07) is 14.3. The minimum absolute atomic E-state index is 0.000299. The molecule has 28 heavy (non-hydrogen) atoms. The molecule has 0 bridgehead atoms. The van der Waals surface area contributed by atoms with Gasteiger partial charge in [-0.25, -0.2) is 4.98 Å². The summed E-state index contributed by atoms with van der Waals surface area (Å²) in [5.74, 6) is -0.157. The van der Waals surface area contributed by atoms with E-state index < -0.39 is 11.8 Å². The Balaban J connectivity index is 1.48. The highest BCUT2D eigenvalue weighted by molar-refractivity contribution is 7.13. The summed E-state index contributed by atoms with van der Waals surface area (Å²) >= 11 is 7.20. The molecule has 3 N–H and O–H groups in total. The van der Waals surface area contributed by atoms with E-state index in [0.29, 0.717) is 10.0 Å². The predicted octanol–water partition coefficient (Wildman–Crippen LogP) is 3.35. The molecule has 3 aromatic rings. The number of benzene rings is 2. The summed E-state index contributed by atoms with van der Waals surface area (Å²) in [6.45, 7) is -0.000299. The largest absolute Gasteiger partial charge is 0.497 e. The molecule has 1 heterocycles. The second kappa shape index (κ2) is 9.20. The highest BCUT2D eigenvalue weighted by Gasteiger charge is 2.12. The number of hydrogen-bond donors (Lipinski definition) is 3. The van der Waals surface area contributed by atoms with Crippen molar-refractivity contribution in [2.24, 2.45) is 0 Å². The van der Waals surface area contributed by atoms with Crippen molar-refractivity contribution in [3.8, 4) is 16.3 Å². The third kappa shape index (κ3) is 5.21. The molecule has 3 rings (SSSR count). The van der Waals surface area contributed by atoms with E-state index >= 15 is 0 Å². The molecule has 0 spiro atoms. The molecule has 9 heteroatoms. The lowest BCUT2D eigenvalue weighted by Crippen LogP contribution is -2.44. The molecule has 0 aliphatic carbocycles. The molecule has 0 radical (unpaired) electrons. The first-order chi connectivity index (χ1) is 13.5. The first-order valence-corrected chi connectivity index (χ1v) is 9.49. The lowest BCUT2D eigenvalue weighted by atomic mass is 10.2. The minimum atomic E-state index is -0.491. The molecule has 2 aromatic carbocycles. The fourth-order valence-corrected chi connectivity index (χ4v) is 3.16. The predicted molar refractivity (Wildman–Crippen MR) is 110 cm³/mol. The lowest BCUT2D eigenvalue weighted by molar-refractivity contribution is -0.120. The second-order valence-corrected chi connectivity index (χ2v) is 6.92. The zero-order valence-electron chi connectivity index (χ0n) is 14.9. The van der Waals surface area contributed by atoms with Gasteiger partial charge in [0.15, 0.2) is 0 Å². The number of ether oxygens (including phenoxy) is 1. The number of hydrazine groups is 1. The van der Waals surface area contributed by atoms with Gasteiger partial charge in [0.25, 0.3) is 11.8 Å². The molecule has 0 saturated heterocycles. The average molecular weight is 417 g/mol. The van der Waals surface area contributed by atoms with Crippen LogP contribution < -0.4 is 20.9 Å². The number of carbonyl (C=O) groups excluding carboxylic acids is 2. The maximum Gasteiger partial charge on any atom is 0.289 e.